The Kier molecular flexibility index (Phi) is 6.39. The second kappa shape index (κ2) is 8.75. The minimum atomic E-state index is -0.0382. The molecule has 142 valence electrons. The van der Waals surface area contributed by atoms with Gasteiger partial charge in [0.25, 0.3) is 5.56 Å². The quantitative estimate of drug-likeness (QED) is 0.735. The lowest BCUT2D eigenvalue weighted by atomic mass is 10.1. The molecule has 1 saturated heterocycles. The van der Waals surface area contributed by atoms with Crippen molar-refractivity contribution < 1.29 is 4.74 Å². The largest absolute Gasteiger partial charge is 0.383 e. The van der Waals surface area contributed by atoms with Crippen molar-refractivity contribution in [1.29, 1.82) is 0 Å². The summed E-state index contributed by atoms with van der Waals surface area (Å²) in [5.74, 6) is 0. The number of thiazole rings is 1. The molecule has 1 fully saturated rings. The number of likely N-dealkylation sites (tertiary alicyclic amines) is 1. The van der Waals surface area contributed by atoms with Crippen LogP contribution in [0.1, 0.15) is 29.6 Å². The van der Waals surface area contributed by atoms with E-state index in [2.05, 4.69) is 20.4 Å². The standard InChI is InChI=1S/C18H27N5O2S/c1-14-13-26-17(20-14)12-22-6-4-5-15(11-22)23-18(24)9-16(10-19-23)21(2)7-8-25-3/h9-10,13,15H,4-8,11-12H2,1-3H3. The van der Waals surface area contributed by atoms with Crippen molar-refractivity contribution in [2.45, 2.75) is 32.4 Å². The van der Waals surface area contributed by atoms with Crippen LogP contribution in [0.25, 0.3) is 0 Å². The fourth-order valence-corrected chi connectivity index (χ4v) is 4.10. The fraction of sp³-hybridized carbons (Fsp3) is 0.611. The smallest absolute Gasteiger partial charge is 0.269 e. The van der Waals surface area contributed by atoms with Gasteiger partial charge in [0.1, 0.15) is 5.01 Å². The molecule has 0 spiro atoms. The van der Waals surface area contributed by atoms with E-state index in [4.69, 9.17) is 4.74 Å². The molecule has 2 aromatic rings. The fourth-order valence-electron chi connectivity index (χ4n) is 3.29. The number of likely N-dealkylation sites (N-methyl/N-ethyl adjacent to an activating group) is 1. The van der Waals surface area contributed by atoms with E-state index in [1.807, 2.05) is 18.9 Å². The number of methoxy groups -OCH3 is 1. The molecule has 26 heavy (non-hydrogen) atoms. The molecule has 7 nitrogen and oxygen atoms in total. The van der Waals surface area contributed by atoms with E-state index in [9.17, 15) is 4.79 Å². The van der Waals surface area contributed by atoms with E-state index in [1.54, 1.807) is 35.4 Å². The summed E-state index contributed by atoms with van der Waals surface area (Å²) in [7, 11) is 3.62. The monoisotopic (exact) mass is 377 g/mol. The molecule has 3 rings (SSSR count). The molecular weight excluding hydrogens is 350 g/mol. The summed E-state index contributed by atoms with van der Waals surface area (Å²) < 4.78 is 6.74. The Hall–Kier alpha value is -1.77. The first kappa shape index (κ1) is 19.0. The average molecular weight is 378 g/mol. The molecular formula is C18H27N5O2S. The van der Waals surface area contributed by atoms with Gasteiger partial charge in [0.15, 0.2) is 0 Å². The molecule has 1 aliphatic heterocycles. The predicted molar refractivity (Wildman–Crippen MR) is 104 cm³/mol. The summed E-state index contributed by atoms with van der Waals surface area (Å²) in [5.41, 5.74) is 1.86. The van der Waals surface area contributed by atoms with Crippen LogP contribution in [0, 0.1) is 6.92 Å². The van der Waals surface area contributed by atoms with E-state index in [-0.39, 0.29) is 11.6 Å². The van der Waals surface area contributed by atoms with Crippen LogP contribution in [0.4, 0.5) is 5.69 Å². The highest BCUT2D eigenvalue weighted by atomic mass is 32.1. The van der Waals surface area contributed by atoms with Gasteiger partial charge in [0, 0.05) is 44.4 Å². The number of anilines is 1. The summed E-state index contributed by atoms with van der Waals surface area (Å²) in [5, 5.41) is 7.68. The molecule has 1 unspecified atom stereocenters. The lowest BCUT2D eigenvalue weighted by Crippen LogP contribution is -2.40. The van der Waals surface area contributed by atoms with Crippen molar-refractivity contribution in [2.75, 3.05) is 45.3 Å². The van der Waals surface area contributed by atoms with Crippen LogP contribution in [0.3, 0.4) is 0 Å². The highest BCUT2D eigenvalue weighted by molar-refractivity contribution is 7.09. The van der Waals surface area contributed by atoms with Gasteiger partial charge in [-0.15, -0.1) is 11.3 Å². The van der Waals surface area contributed by atoms with Gasteiger partial charge in [0.05, 0.1) is 31.1 Å². The van der Waals surface area contributed by atoms with Gasteiger partial charge in [-0.1, -0.05) is 0 Å². The Morgan fingerprint density at radius 3 is 3.00 bits per heavy atom. The Labute approximate surface area is 158 Å². The van der Waals surface area contributed by atoms with Crippen LogP contribution in [0.2, 0.25) is 0 Å². The first-order valence-electron chi connectivity index (χ1n) is 8.99. The van der Waals surface area contributed by atoms with Crippen LogP contribution in [-0.4, -0.2) is 60.1 Å². The average Bonchev–Trinajstić information content (AvgIpc) is 3.04. The third-order valence-electron chi connectivity index (χ3n) is 4.74. The van der Waals surface area contributed by atoms with Crippen LogP contribution < -0.4 is 10.5 Å². The third kappa shape index (κ3) is 4.69. The molecule has 0 aromatic carbocycles. The molecule has 1 atom stereocenters. The Bertz CT molecular complexity index is 775. The second-order valence-corrected chi connectivity index (χ2v) is 7.77. The third-order valence-corrected chi connectivity index (χ3v) is 5.69. The first-order valence-corrected chi connectivity index (χ1v) is 9.87. The van der Waals surface area contributed by atoms with Crippen LogP contribution in [-0.2, 0) is 11.3 Å². The molecule has 0 saturated carbocycles. The van der Waals surface area contributed by atoms with Gasteiger partial charge in [-0.3, -0.25) is 9.69 Å². The number of hydrogen-bond donors (Lipinski definition) is 0. The highest BCUT2D eigenvalue weighted by Gasteiger charge is 2.23. The van der Waals surface area contributed by atoms with Crippen molar-refractivity contribution in [3.05, 3.63) is 38.7 Å². The summed E-state index contributed by atoms with van der Waals surface area (Å²) in [6.45, 7) is 6.10. The van der Waals surface area contributed by atoms with Gasteiger partial charge in [0.2, 0.25) is 0 Å². The molecule has 2 aromatic heterocycles. The lowest BCUT2D eigenvalue weighted by molar-refractivity contribution is 0.160. The topological polar surface area (TPSA) is 63.5 Å². The van der Waals surface area contributed by atoms with E-state index in [1.165, 1.54) is 0 Å². The van der Waals surface area contributed by atoms with Gasteiger partial charge >= 0.3 is 0 Å². The Balaban J connectivity index is 1.67. The van der Waals surface area contributed by atoms with Crippen LogP contribution >= 0.6 is 11.3 Å². The molecule has 0 N–H and O–H groups in total. The van der Waals surface area contributed by atoms with Gasteiger partial charge in [-0.05, 0) is 26.3 Å². The molecule has 0 bridgehead atoms. The Morgan fingerprint density at radius 1 is 1.46 bits per heavy atom. The van der Waals surface area contributed by atoms with E-state index >= 15 is 0 Å². The minimum absolute atomic E-state index is 0.0382. The van der Waals surface area contributed by atoms with Crippen molar-refractivity contribution in [3.8, 4) is 0 Å². The number of hydrogen-bond acceptors (Lipinski definition) is 7. The second-order valence-electron chi connectivity index (χ2n) is 6.82. The summed E-state index contributed by atoms with van der Waals surface area (Å²) in [6.07, 6.45) is 3.83. The van der Waals surface area contributed by atoms with E-state index < -0.39 is 0 Å². The zero-order chi connectivity index (χ0) is 18.5. The summed E-state index contributed by atoms with van der Waals surface area (Å²) >= 11 is 1.70. The molecule has 1 aliphatic rings. The number of ether oxygens (including phenoxy) is 1. The van der Waals surface area contributed by atoms with Crippen molar-refractivity contribution in [2.24, 2.45) is 0 Å². The zero-order valence-electron chi connectivity index (χ0n) is 15.7. The normalized spacial score (nSPS) is 18.2. The zero-order valence-corrected chi connectivity index (χ0v) is 16.5. The van der Waals surface area contributed by atoms with Crippen molar-refractivity contribution in [3.63, 3.8) is 0 Å². The molecule has 0 amide bonds. The number of aryl methyl sites for hydroxylation is 1. The van der Waals surface area contributed by atoms with E-state index in [0.717, 1.165) is 55.4 Å². The van der Waals surface area contributed by atoms with E-state index in [0.29, 0.717) is 6.61 Å². The maximum absolute atomic E-state index is 12.6. The summed E-state index contributed by atoms with van der Waals surface area (Å²) in [4.78, 5) is 21.5. The number of aromatic nitrogens is 3. The maximum atomic E-state index is 12.6. The summed E-state index contributed by atoms with van der Waals surface area (Å²) in [6, 6.07) is 1.79. The number of nitrogens with zero attached hydrogens (tertiary/aromatic N) is 5. The van der Waals surface area contributed by atoms with Gasteiger partial charge in [-0.2, -0.15) is 5.10 Å². The molecule has 8 heteroatoms. The first-order chi connectivity index (χ1) is 12.6. The Morgan fingerprint density at radius 2 is 2.31 bits per heavy atom. The molecule has 0 radical (unpaired) electrons. The van der Waals surface area contributed by atoms with Crippen LogP contribution in [0.15, 0.2) is 22.4 Å². The lowest BCUT2D eigenvalue weighted by Gasteiger charge is -2.32. The molecule has 0 aliphatic carbocycles. The van der Waals surface area contributed by atoms with Crippen molar-refractivity contribution in [1.82, 2.24) is 19.7 Å². The van der Waals surface area contributed by atoms with Gasteiger partial charge < -0.3 is 9.64 Å². The van der Waals surface area contributed by atoms with Crippen molar-refractivity contribution >= 4 is 17.0 Å². The number of piperidine rings is 1. The van der Waals surface area contributed by atoms with Crippen LogP contribution in [0.5, 0.6) is 0 Å². The minimum Gasteiger partial charge on any atom is -0.383 e. The highest BCUT2D eigenvalue weighted by Crippen LogP contribution is 2.22. The SMILES string of the molecule is COCCN(C)c1cnn(C2CCCN(Cc3nc(C)cs3)C2)c(=O)c1. The van der Waals surface area contributed by atoms with Gasteiger partial charge in [-0.25, -0.2) is 9.67 Å². The predicted octanol–water partition coefficient (Wildman–Crippen LogP) is 1.93. The number of rotatable bonds is 7. The molecule has 3 heterocycles. The maximum Gasteiger partial charge on any atom is 0.269 e.